The molecule has 0 spiro atoms. The summed E-state index contributed by atoms with van der Waals surface area (Å²) in [5, 5.41) is 7.02. The Morgan fingerprint density at radius 2 is 2.33 bits per heavy atom. The molecule has 1 amide bonds. The highest BCUT2D eigenvalue weighted by Gasteiger charge is 2.01. The first-order chi connectivity index (χ1) is 7.26. The number of amides is 1. The van der Waals surface area contributed by atoms with Gasteiger partial charge in [-0.1, -0.05) is 13.3 Å². The van der Waals surface area contributed by atoms with Gasteiger partial charge in [0.15, 0.2) is 0 Å². The highest BCUT2D eigenvalue weighted by Crippen LogP contribution is 1.98. The van der Waals surface area contributed by atoms with Crippen LogP contribution in [-0.2, 0) is 17.9 Å². The first-order valence-electron chi connectivity index (χ1n) is 5.54. The molecular weight excluding hydrogens is 190 g/mol. The Bertz CT molecular complexity index is 307. The molecule has 4 nitrogen and oxygen atoms in total. The first kappa shape index (κ1) is 11.8. The zero-order valence-corrected chi connectivity index (χ0v) is 9.49. The number of nitrogens with one attached hydrogen (secondary N) is 1. The monoisotopic (exact) mass is 209 g/mol. The van der Waals surface area contributed by atoms with Crippen LogP contribution in [0.15, 0.2) is 12.4 Å². The highest BCUT2D eigenvalue weighted by molar-refractivity contribution is 5.75. The van der Waals surface area contributed by atoms with E-state index < -0.39 is 0 Å². The quantitative estimate of drug-likeness (QED) is 0.775. The molecule has 0 aliphatic heterocycles. The molecule has 0 aliphatic carbocycles. The van der Waals surface area contributed by atoms with Crippen LogP contribution >= 0.6 is 0 Å². The van der Waals surface area contributed by atoms with Crippen LogP contribution in [0.3, 0.4) is 0 Å². The third kappa shape index (κ3) is 4.14. The van der Waals surface area contributed by atoms with Crippen molar-refractivity contribution >= 4 is 5.91 Å². The van der Waals surface area contributed by atoms with Gasteiger partial charge in [0.2, 0.25) is 5.91 Å². The Morgan fingerprint density at radius 1 is 1.53 bits per heavy atom. The summed E-state index contributed by atoms with van der Waals surface area (Å²) >= 11 is 0. The van der Waals surface area contributed by atoms with E-state index in [2.05, 4.69) is 17.3 Å². The van der Waals surface area contributed by atoms with E-state index in [4.69, 9.17) is 0 Å². The molecule has 0 bridgehead atoms. The van der Waals surface area contributed by atoms with Crippen molar-refractivity contribution in [3.8, 4) is 0 Å². The lowest BCUT2D eigenvalue weighted by atomic mass is 10.2. The molecule has 1 heterocycles. The van der Waals surface area contributed by atoms with Gasteiger partial charge >= 0.3 is 0 Å². The fourth-order valence-corrected chi connectivity index (χ4v) is 1.30. The molecule has 0 atom stereocenters. The van der Waals surface area contributed by atoms with Crippen LogP contribution in [0.5, 0.6) is 0 Å². The van der Waals surface area contributed by atoms with Gasteiger partial charge in [-0.2, -0.15) is 5.10 Å². The number of hydrogen-bond donors (Lipinski definition) is 1. The van der Waals surface area contributed by atoms with Crippen molar-refractivity contribution in [1.29, 1.82) is 0 Å². The number of hydrogen-bond acceptors (Lipinski definition) is 2. The number of aryl methyl sites for hydroxylation is 1. The van der Waals surface area contributed by atoms with E-state index in [1.165, 1.54) is 0 Å². The number of rotatable bonds is 6. The number of carbonyl (C=O) groups is 1. The number of carbonyl (C=O) groups excluding carboxylic acids is 1. The van der Waals surface area contributed by atoms with E-state index >= 15 is 0 Å². The van der Waals surface area contributed by atoms with Gasteiger partial charge in [0.1, 0.15) is 0 Å². The van der Waals surface area contributed by atoms with Crippen LogP contribution in [-0.4, -0.2) is 15.7 Å². The smallest absolute Gasteiger partial charge is 0.220 e. The van der Waals surface area contributed by atoms with Gasteiger partial charge in [-0.15, -0.1) is 0 Å². The molecule has 0 saturated heterocycles. The fourth-order valence-electron chi connectivity index (χ4n) is 1.30. The molecule has 15 heavy (non-hydrogen) atoms. The van der Waals surface area contributed by atoms with Crippen LogP contribution in [0, 0.1) is 0 Å². The zero-order chi connectivity index (χ0) is 11.1. The topological polar surface area (TPSA) is 46.9 Å². The average Bonchev–Trinajstić information content (AvgIpc) is 2.71. The zero-order valence-electron chi connectivity index (χ0n) is 9.49. The number of unbranched alkanes of at least 4 members (excludes halogenated alkanes) is 1. The van der Waals surface area contributed by atoms with Crippen molar-refractivity contribution in [3.63, 3.8) is 0 Å². The second-order valence-electron chi connectivity index (χ2n) is 3.58. The molecular formula is C11H19N3O. The van der Waals surface area contributed by atoms with E-state index in [1.54, 1.807) is 6.20 Å². The van der Waals surface area contributed by atoms with E-state index in [1.807, 2.05) is 17.8 Å². The molecule has 0 fully saturated rings. The highest BCUT2D eigenvalue weighted by atomic mass is 16.1. The molecule has 0 saturated carbocycles. The summed E-state index contributed by atoms with van der Waals surface area (Å²) < 4.78 is 1.85. The van der Waals surface area contributed by atoms with Gasteiger partial charge in [0.05, 0.1) is 6.20 Å². The summed E-state index contributed by atoms with van der Waals surface area (Å²) in [6.45, 7) is 5.57. The summed E-state index contributed by atoms with van der Waals surface area (Å²) in [6.07, 6.45) is 6.39. The molecule has 4 heteroatoms. The SMILES string of the molecule is CCCCC(=O)NCc1cnn(CC)c1. The maximum atomic E-state index is 11.3. The average molecular weight is 209 g/mol. The van der Waals surface area contributed by atoms with Crippen molar-refractivity contribution < 1.29 is 4.79 Å². The molecule has 1 rings (SSSR count). The Hall–Kier alpha value is -1.32. The van der Waals surface area contributed by atoms with Gasteiger partial charge in [0, 0.05) is 31.3 Å². The van der Waals surface area contributed by atoms with E-state index in [9.17, 15) is 4.79 Å². The van der Waals surface area contributed by atoms with Crippen LogP contribution in [0.25, 0.3) is 0 Å². The van der Waals surface area contributed by atoms with Crippen molar-refractivity contribution in [2.24, 2.45) is 0 Å². The Kier molecular flexibility index (Phi) is 4.87. The Balaban J connectivity index is 2.27. The molecule has 0 aromatic carbocycles. The largest absolute Gasteiger partial charge is 0.352 e. The number of nitrogens with zero attached hydrogens (tertiary/aromatic N) is 2. The second-order valence-corrected chi connectivity index (χ2v) is 3.58. The number of aromatic nitrogens is 2. The maximum Gasteiger partial charge on any atom is 0.220 e. The van der Waals surface area contributed by atoms with E-state index in [0.717, 1.165) is 24.9 Å². The standard InChI is InChI=1S/C11H19N3O/c1-3-5-6-11(15)12-7-10-8-13-14(4-2)9-10/h8-9H,3-7H2,1-2H3,(H,12,15). The first-order valence-corrected chi connectivity index (χ1v) is 5.54. The second kappa shape index (κ2) is 6.22. The maximum absolute atomic E-state index is 11.3. The van der Waals surface area contributed by atoms with Crippen molar-refractivity contribution in [1.82, 2.24) is 15.1 Å². The summed E-state index contributed by atoms with van der Waals surface area (Å²) in [5.74, 6) is 0.126. The molecule has 0 aliphatic rings. The summed E-state index contributed by atoms with van der Waals surface area (Å²) in [6, 6.07) is 0. The third-order valence-corrected chi connectivity index (χ3v) is 2.26. The molecule has 84 valence electrons. The van der Waals surface area contributed by atoms with Gasteiger partial charge in [-0.25, -0.2) is 0 Å². The molecule has 0 radical (unpaired) electrons. The molecule has 1 N–H and O–H groups in total. The summed E-state index contributed by atoms with van der Waals surface area (Å²) in [7, 11) is 0. The van der Waals surface area contributed by atoms with Gasteiger partial charge < -0.3 is 5.32 Å². The van der Waals surface area contributed by atoms with Gasteiger partial charge in [-0.3, -0.25) is 9.48 Å². The Morgan fingerprint density at radius 3 is 2.93 bits per heavy atom. The predicted molar refractivity (Wildman–Crippen MR) is 59.3 cm³/mol. The van der Waals surface area contributed by atoms with Crippen molar-refractivity contribution in [2.75, 3.05) is 0 Å². The van der Waals surface area contributed by atoms with Crippen LogP contribution in [0.4, 0.5) is 0 Å². The minimum Gasteiger partial charge on any atom is -0.352 e. The van der Waals surface area contributed by atoms with E-state index in [0.29, 0.717) is 13.0 Å². The van der Waals surface area contributed by atoms with Crippen LogP contribution in [0.1, 0.15) is 38.7 Å². The minimum absolute atomic E-state index is 0.126. The lowest BCUT2D eigenvalue weighted by molar-refractivity contribution is -0.121. The van der Waals surface area contributed by atoms with E-state index in [-0.39, 0.29) is 5.91 Å². The van der Waals surface area contributed by atoms with Crippen molar-refractivity contribution in [2.45, 2.75) is 46.2 Å². The molecule has 1 aromatic rings. The van der Waals surface area contributed by atoms with Crippen LogP contribution in [0.2, 0.25) is 0 Å². The third-order valence-electron chi connectivity index (χ3n) is 2.26. The lowest BCUT2D eigenvalue weighted by Gasteiger charge is -2.01. The predicted octanol–water partition coefficient (Wildman–Crippen LogP) is 1.71. The summed E-state index contributed by atoms with van der Waals surface area (Å²) in [5.41, 5.74) is 1.06. The van der Waals surface area contributed by atoms with Gasteiger partial charge in [-0.05, 0) is 13.3 Å². The lowest BCUT2D eigenvalue weighted by Crippen LogP contribution is -2.21. The fraction of sp³-hybridized carbons (Fsp3) is 0.636. The Labute approximate surface area is 90.7 Å². The van der Waals surface area contributed by atoms with Crippen molar-refractivity contribution in [3.05, 3.63) is 18.0 Å². The minimum atomic E-state index is 0.126. The summed E-state index contributed by atoms with van der Waals surface area (Å²) in [4.78, 5) is 11.3. The molecule has 1 aromatic heterocycles. The molecule has 0 unspecified atom stereocenters. The van der Waals surface area contributed by atoms with Crippen LogP contribution < -0.4 is 5.32 Å². The normalized spacial score (nSPS) is 10.3. The van der Waals surface area contributed by atoms with Gasteiger partial charge in [0.25, 0.3) is 0 Å².